The van der Waals surface area contributed by atoms with Gasteiger partial charge in [0.25, 0.3) is 0 Å². The van der Waals surface area contributed by atoms with Crippen LogP contribution in [0.2, 0.25) is 0 Å². The monoisotopic (exact) mass is 288 g/mol. The van der Waals surface area contributed by atoms with Gasteiger partial charge in [-0.2, -0.15) is 0 Å². The van der Waals surface area contributed by atoms with Gasteiger partial charge in [-0.15, -0.1) is 0 Å². The molecule has 0 aromatic heterocycles. The first-order valence-corrected chi connectivity index (χ1v) is 0.548. The van der Waals surface area contributed by atoms with Crippen LogP contribution in [0.5, 0.6) is 0 Å². The predicted octanol–water partition coefficient (Wildman–Crippen LogP) is -0.797. The molecule has 0 aromatic carbocycles. The Morgan fingerprint density at radius 2 is 1.33 bits per heavy atom. The molecule has 5 nitrogen and oxygen atoms in total. The van der Waals surface area contributed by atoms with Crippen molar-refractivity contribution in [1.82, 2.24) is 0 Å². The van der Waals surface area contributed by atoms with Gasteiger partial charge in [0.15, 0.2) is 0 Å². The first-order valence-electron chi connectivity index (χ1n) is 0.548. The molecule has 0 heterocycles. The summed E-state index contributed by atoms with van der Waals surface area (Å²) in [4.78, 5) is 8.25. The molecule has 0 fully saturated rings. The van der Waals surface area contributed by atoms with Crippen LogP contribution in [-0.2, 0) is 0 Å². The second-order valence-electron chi connectivity index (χ2n) is 0.224. The molecule has 0 bridgehead atoms. The quantitative estimate of drug-likeness (QED) is 0.331. The molecule has 0 aliphatic rings. The van der Waals surface area contributed by atoms with Gasteiger partial charge in [-0.3, -0.25) is 0 Å². The van der Waals surface area contributed by atoms with Crippen LogP contribution in [-0.4, -0.2) is 36.8 Å². The van der Waals surface area contributed by atoms with Crippen LogP contribution in [0, 0.1) is 15.3 Å². The van der Waals surface area contributed by atoms with Crippen LogP contribution in [0.3, 0.4) is 0 Å². The van der Waals surface area contributed by atoms with E-state index in [0.29, 0.717) is 0 Å². The van der Waals surface area contributed by atoms with Gasteiger partial charge in [-0.25, -0.2) is 0 Å². The Morgan fingerprint density at radius 1 is 1.33 bits per heavy atom. The summed E-state index contributed by atoms with van der Waals surface area (Å²) in [5, 5.41) is 14.8. The van der Waals surface area contributed by atoms with Crippen molar-refractivity contribution in [2.45, 2.75) is 0 Å². The van der Waals surface area contributed by atoms with Crippen LogP contribution in [0.15, 0.2) is 0 Å². The molecule has 0 saturated heterocycles. The van der Waals surface area contributed by atoms with Crippen LogP contribution < -0.4 is 0 Å². The van der Waals surface area contributed by atoms with Crippen molar-refractivity contribution in [1.29, 1.82) is 0 Å². The van der Waals surface area contributed by atoms with Gasteiger partial charge in [0, 0.05) is 0 Å². The topological polar surface area (TPSA) is 96.2 Å². The summed E-state index contributed by atoms with van der Waals surface area (Å²) in [5.74, 6) is 0. The Balaban J connectivity index is -0.0000000450. The van der Waals surface area contributed by atoms with Crippen LogP contribution in [0.4, 0.5) is 0 Å². The molecule has 0 aromatic rings. The molecule has 0 amide bonds. The molecule has 0 unspecified atom stereocenters. The SMILES string of the molecule is O=[N+]([O-])[O-].[Bi+2].[OH-]. The molecule has 0 rings (SSSR count). The van der Waals surface area contributed by atoms with Gasteiger partial charge in [-0.05, 0) is 0 Å². The third-order valence-corrected chi connectivity index (χ3v) is 0. The number of rotatable bonds is 0. The minimum absolute atomic E-state index is 0. The zero-order valence-electron chi connectivity index (χ0n) is 2.57. The smallest absolute Gasteiger partial charge is 0.870 e. The van der Waals surface area contributed by atoms with Crippen molar-refractivity contribution in [3.8, 4) is 0 Å². The van der Waals surface area contributed by atoms with Crippen molar-refractivity contribution >= 4 is 26.2 Å². The predicted molar refractivity (Wildman–Crippen MR) is 18.1 cm³/mol. The maximum atomic E-state index is 8.25. The van der Waals surface area contributed by atoms with E-state index in [1.165, 1.54) is 0 Å². The molecule has 0 saturated carbocycles. The fourth-order valence-corrected chi connectivity index (χ4v) is 0. The Morgan fingerprint density at radius 3 is 1.33 bits per heavy atom. The fourth-order valence-electron chi connectivity index (χ4n) is 0. The summed E-state index contributed by atoms with van der Waals surface area (Å²) in [5.41, 5.74) is 0. The number of hydrogen-bond acceptors (Lipinski definition) is 4. The Bertz CT molecular complexity index is 30.5. The van der Waals surface area contributed by atoms with Crippen molar-refractivity contribution < 1.29 is 10.6 Å². The van der Waals surface area contributed by atoms with E-state index in [4.69, 9.17) is 15.3 Å². The van der Waals surface area contributed by atoms with Gasteiger partial charge < -0.3 is 20.8 Å². The summed E-state index contributed by atoms with van der Waals surface area (Å²) in [6, 6.07) is 0. The van der Waals surface area contributed by atoms with E-state index >= 15 is 0 Å². The minimum Gasteiger partial charge on any atom is -0.870 e. The van der Waals surface area contributed by atoms with Gasteiger partial charge in [-0.1, -0.05) is 0 Å². The van der Waals surface area contributed by atoms with Gasteiger partial charge in [0.1, 0.15) is 0 Å². The summed E-state index contributed by atoms with van der Waals surface area (Å²) in [6.07, 6.45) is 0. The molecule has 6 heavy (non-hydrogen) atoms. The van der Waals surface area contributed by atoms with E-state index in [1.54, 1.807) is 0 Å². The molecule has 0 atom stereocenters. The van der Waals surface area contributed by atoms with E-state index in [1.807, 2.05) is 0 Å². The van der Waals surface area contributed by atoms with E-state index in [0.717, 1.165) is 0 Å². The van der Waals surface area contributed by atoms with E-state index in [2.05, 4.69) is 0 Å². The summed E-state index contributed by atoms with van der Waals surface area (Å²) >= 11 is 0. The summed E-state index contributed by atoms with van der Waals surface area (Å²) in [6.45, 7) is 0. The molecular weight excluding hydrogens is 287 g/mol. The first-order chi connectivity index (χ1) is 1.73. The zero-order valence-corrected chi connectivity index (χ0v) is 6.04. The molecule has 0 aliphatic carbocycles. The molecule has 3 radical (unpaired) electrons. The third kappa shape index (κ3) is 20100. The van der Waals surface area contributed by atoms with E-state index in [9.17, 15) is 0 Å². The average Bonchev–Trinajstić information content (AvgIpc) is 0.811. The molecule has 35 valence electrons. The standard InChI is InChI=1S/Bi.NO3.H2O/c;2-1(3)4;/h;;1H2/q+2;-1;/p-1. The van der Waals surface area contributed by atoms with Crippen LogP contribution >= 0.6 is 0 Å². The maximum absolute atomic E-state index is 8.25. The van der Waals surface area contributed by atoms with Crippen molar-refractivity contribution in [3.05, 3.63) is 15.3 Å². The molecular formula is HBiNO4. The third-order valence-electron chi connectivity index (χ3n) is 0. The first kappa shape index (κ1) is 16.6. The molecule has 0 spiro atoms. The summed E-state index contributed by atoms with van der Waals surface area (Å²) in [7, 11) is 0. The minimum atomic E-state index is -1.75. The Kier molecular flexibility index (Phi) is 24.6. The zero-order chi connectivity index (χ0) is 3.58. The maximum Gasteiger partial charge on any atom is 2.00 e. The van der Waals surface area contributed by atoms with Crippen LogP contribution in [0.25, 0.3) is 0 Å². The van der Waals surface area contributed by atoms with Crippen LogP contribution in [0.1, 0.15) is 0 Å². The number of nitrogens with zero attached hydrogens (tertiary/aromatic N) is 1. The number of hydrogen-bond donors (Lipinski definition) is 0. The normalized spacial score (nSPS) is 4.00. The molecule has 1 N–H and O–H groups in total. The van der Waals surface area contributed by atoms with Gasteiger partial charge in [0.05, 0.1) is 5.09 Å². The second-order valence-corrected chi connectivity index (χ2v) is 0.224. The van der Waals surface area contributed by atoms with E-state index in [-0.39, 0.29) is 31.7 Å². The largest absolute Gasteiger partial charge is 2.00 e. The second kappa shape index (κ2) is 8.90. The average molecular weight is 288 g/mol. The van der Waals surface area contributed by atoms with Crippen molar-refractivity contribution in [3.63, 3.8) is 0 Å². The fraction of sp³-hybridized carbons (Fsp3) is 0. The Hall–Kier alpha value is 0.0431. The summed E-state index contributed by atoms with van der Waals surface area (Å²) < 4.78 is 0. The van der Waals surface area contributed by atoms with E-state index < -0.39 is 5.09 Å². The molecule has 0 aliphatic heterocycles. The van der Waals surface area contributed by atoms with Gasteiger partial charge >= 0.3 is 26.2 Å². The Labute approximate surface area is 52.5 Å². The van der Waals surface area contributed by atoms with Gasteiger partial charge in [0.2, 0.25) is 0 Å². The van der Waals surface area contributed by atoms with Crippen molar-refractivity contribution in [2.24, 2.45) is 0 Å². The van der Waals surface area contributed by atoms with Crippen molar-refractivity contribution in [2.75, 3.05) is 0 Å². The molecule has 6 heteroatoms.